The first kappa shape index (κ1) is 14.6. The lowest BCUT2D eigenvalue weighted by atomic mass is 9.95. The van der Waals surface area contributed by atoms with Crippen LogP contribution in [-0.4, -0.2) is 30.8 Å². The average Bonchev–Trinajstić information content (AvgIpc) is 2.24. The predicted molar refractivity (Wildman–Crippen MR) is 80.0 cm³/mol. The summed E-state index contributed by atoms with van der Waals surface area (Å²) < 4.78 is 0. The van der Waals surface area contributed by atoms with Gasteiger partial charge in [-0.15, -0.1) is 0 Å². The van der Waals surface area contributed by atoms with Gasteiger partial charge in [0.05, 0.1) is 0 Å². The minimum absolute atomic E-state index is 0.354. The normalized spacial score (nSPS) is 14.0. The standard InChI is InChI=1S/C15H25NS/c1-15(2,3)12-16(4)10-14(11-17)13-8-6-5-7-9-13/h5-9,14,17H,10-12H2,1-4H3. The smallest absolute Gasteiger partial charge is 0.00553 e. The van der Waals surface area contributed by atoms with Crippen molar-refractivity contribution in [2.45, 2.75) is 26.7 Å². The van der Waals surface area contributed by atoms with E-state index in [0.29, 0.717) is 11.3 Å². The highest BCUT2D eigenvalue weighted by molar-refractivity contribution is 7.80. The monoisotopic (exact) mass is 251 g/mol. The Bertz CT molecular complexity index is 315. The molecule has 0 N–H and O–H groups in total. The van der Waals surface area contributed by atoms with Crippen molar-refractivity contribution in [2.75, 3.05) is 25.9 Å². The Morgan fingerprint density at radius 3 is 2.24 bits per heavy atom. The van der Waals surface area contributed by atoms with Crippen LogP contribution >= 0.6 is 12.6 Å². The second-order valence-electron chi connectivity index (χ2n) is 6.05. The highest BCUT2D eigenvalue weighted by Crippen LogP contribution is 2.20. The van der Waals surface area contributed by atoms with E-state index in [1.54, 1.807) is 0 Å². The number of benzene rings is 1. The Hall–Kier alpha value is -0.470. The van der Waals surface area contributed by atoms with Gasteiger partial charge >= 0.3 is 0 Å². The summed E-state index contributed by atoms with van der Waals surface area (Å²) in [5.41, 5.74) is 1.75. The van der Waals surface area contributed by atoms with Crippen molar-refractivity contribution in [3.05, 3.63) is 35.9 Å². The molecule has 0 saturated carbocycles. The second kappa shape index (κ2) is 6.46. The van der Waals surface area contributed by atoms with Crippen molar-refractivity contribution < 1.29 is 0 Å². The maximum absolute atomic E-state index is 4.49. The molecule has 0 fully saturated rings. The van der Waals surface area contributed by atoms with Gasteiger partial charge < -0.3 is 4.90 Å². The Morgan fingerprint density at radius 2 is 1.76 bits per heavy atom. The zero-order valence-corrected chi connectivity index (χ0v) is 12.4. The fraction of sp³-hybridized carbons (Fsp3) is 0.600. The first-order valence-electron chi connectivity index (χ1n) is 6.27. The number of nitrogens with zero attached hydrogens (tertiary/aromatic N) is 1. The molecule has 0 aliphatic carbocycles. The molecule has 0 aromatic heterocycles. The van der Waals surface area contributed by atoms with Crippen LogP contribution in [0.4, 0.5) is 0 Å². The molecule has 0 aliphatic heterocycles. The summed E-state index contributed by atoms with van der Waals surface area (Å²) in [7, 11) is 2.20. The first-order valence-corrected chi connectivity index (χ1v) is 6.90. The lowest BCUT2D eigenvalue weighted by Gasteiger charge is -2.29. The molecule has 0 aliphatic rings. The van der Waals surface area contributed by atoms with E-state index >= 15 is 0 Å². The Morgan fingerprint density at radius 1 is 1.18 bits per heavy atom. The number of hydrogen-bond donors (Lipinski definition) is 1. The van der Waals surface area contributed by atoms with Gasteiger partial charge in [-0.1, -0.05) is 51.1 Å². The molecular formula is C15H25NS. The van der Waals surface area contributed by atoms with E-state index in [2.05, 4.69) is 75.7 Å². The van der Waals surface area contributed by atoms with Crippen molar-refractivity contribution >= 4 is 12.6 Å². The van der Waals surface area contributed by atoms with Gasteiger partial charge in [0.2, 0.25) is 0 Å². The highest BCUT2D eigenvalue weighted by Gasteiger charge is 2.17. The zero-order valence-electron chi connectivity index (χ0n) is 11.5. The molecular weight excluding hydrogens is 226 g/mol. The molecule has 2 heteroatoms. The fourth-order valence-electron chi connectivity index (χ4n) is 2.24. The number of likely N-dealkylation sites (N-methyl/N-ethyl adjacent to an activating group) is 1. The van der Waals surface area contributed by atoms with E-state index < -0.39 is 0 Å². The summed E-state index contributed by atoms with van der Waals surface area (Å²) in [6, 6.07) is 10.7. The zero-order chi connectivity index (χ0) is 12.9. The summed E-state index contributed by atoms with van der Waals surface area (Å²) >= 11 is 4.49. The van der Waals surface area contributed by atoms with Crippen LogP contribution in [0.2, 0.25) is 0 Å². The Balaban J connectivity index is 2.59. The lowest BCUT2D eigenvalue weighted by Crippen LogP contribution is -2.33. The van der Waals surface area contributed by atoms with Gasteiger partial charge in [-0.2, -0.15) is 12.6 Å². The maximum atomic E-state index is 4.49. The van der Waals surface area contributed by atoms with Gasteiger partial charge in [-0.25, -0.2) is 0 Å². The average molecular weight is 251 g/mol. The van der Waals surface area contributed by atoms with E-state index in [-0.39, 0.29) is 0 Å². The summed E-state index contributed by atoms with van der Waals surface area (Å²) in [6.45, 7) is 9.03. The van der Waals surface area contributed by atoms with Gasteiger partial charge in [0.1, 0.15) is 0 Å². The molecule has 1 aromatic carbocycles. The van der Waals surface area contributed by atoms with Crippen LogP contribution in [0.5, 0.6) is 0 Å². The SMILES string of the molecule is CN(CC(CS)c1ccccc1)CC(C)(C)C. The van der Waals surface area contributed by atoms with Crippen molar-refractivity contribution in [1.82, 2.24) is 4.90 Å². The first-order chi connectivity index (χ1) is 7.92. The van der Waals surface area contributed by atoms with Crippen LogP contribution in [0.15, 0.2) is 30.3 Å². The van der Waals surface area contributed by atoms with Crippen molar-refractivity contribution in [2.24, 2.45) is 5.41 Å². The minimum Gasteiger partial charge on any atom is -0.305 e. The van der Waals surface area contributed by atoms with Crippen molar-refractivity contribution in [3.63, 3.8) is 0 Å². The van der Waals surface area contributed by atoms with Crippen LogP contribution in [0.3, 0.4) is 0 Å². The molecule has 0 heterocycles. The third-order valence-electron chi connectivity index (χ3n) is 2.77. The molecule has 0 radical (unpaired) electrons. The van der Waals surface area contributed by atoms with Crippen LogP contribution in [0, 0.1) is 5.41 Å². The van der Waals surface area contributed by atoms with Crippen LogP contribution in [0.25, 0.3) is 0 Å². The molecule has 17 heavy (non-hydrogen) atoms. The highest BCUT2D eigenvalue weighted by atomic mass is 32.1. The van der Waals surface area contributed by atoms with Crippen LogP contribution < -0.4 is 0 Å². The molecule has 1 atom stereocenters. The van der Waals surface area contributed by atoms with E-state index in [1.165, 1.54) is 5.56 Å². The molecule has 1 nitrogen and oxygen atoms in total. The molecule has 1 aromatic rings. The number of hydrogen-bond acceptors (Lipinski definition) is 2. The van der Waals surface area contributed by atoms with Crippen molar-refractivity contribution in [1.29, 1.82) is 0 Å². The second-order valence-corrected chi connectivity index (χ2v) is 6.41. The van der Waals surface area contributed by atoms with E-state index in [0.717, 1.165) is 18.8 Å². The van der Waals surface area contributed by atoms with E-state index in [1.807, 2.05) is 0 Å². The van der Waals surface area contributed by atoms with Gasteiger partial charge in [0.25, 0.3) is 0 Å². The molecule has 1 rings (SSSR count). The topological polar surface area (TPSA) is 3.24 Å². The van der Waals surface area contributed by atoms with Gasteiger partial charge in [0.15, 0.2) is 0 Å². The molecule has 0 saturated heterocycles. The van der Waals surface area contributed by atoms with Gasteiger partial charge in [-0.3, -0.25) is 0 Å². The maximum Gasteiger partial charge on any atom is 0.00553 e. The van der Waals surface area contributed by atoms with E-state index in [4.69, 9.17) is 0 Å². The third-order valence-corrected chi connectivity index (χ3v) is 3.21. The fourth-order valence-corrected chi connectivity index (χ4v) is 2.57. The number of rotatable bonds is 5. The lowest BCUT2D eigenvalue weighted by molar-refractivity contribution is 0.220. The summed E-state index contributed by atoms with van der Waals surface area (Å²) in [5, 5.41) is 0. The molecule has 0 spiro atoms. The largest absolute Gasteiger partial charge is 0.305 e. The molecule has 0 amide bonds. The van der Waals surface area contributed by atoms with Crippen LogP contribution in [-0.2, 0) is 0 Å². The Kier molecular flexibility index (Phi) is 5.54. The quantitative estimate of drug-likeness (QED) is 0.781. The number of thiol groups is 1. The van der Waals surface area contributed by atoms with Gasteiger partial charge in [-0.05, 0) is 23.8 Å². The minimum atomic E-state index is 0.354. The summed E-state index contributed by atoms with van der Waals surface area (Å²) in [4.78, 5) is 2.41. The Labute approximate surface area is 112 Å². The van der Waals surface area contributed by atoms with Crippen molar-refractivity contribution in [3.8, 4) is 0 Å². The molecule has 1 unspecified atom stereocenters. The summed E-state index contributed by atoms with van der Waals surface area (Å²) in [5.74, 6) is 1.42. The van der Waals surface area contributed by atoms with Crippen LogP contribution in [0.1, 0.15) is 32.3 Å². The summed E-state index contributed by atoms with van der Waals surface area (Å²) in [6.07, 6.45) is 0. The molecule has 96 valence electrons. The molecule has 0 bridgehead atoms. The van der Waals surface area contributed by atoms with E-state index in [9.17, 15) is 0 Å². The van der Waals surface area contributed by atoms with Gasteiger partial charge in [0, 0.05) is 19.0 Å². The third kappa shape index (κ3) is 5.60. The predicted octanol–water partition coefficient (Wildman–Crippen LogP) is 3.68.